The van der Waals surface area contributed by atoms with Gasteiger partial charge in [0.15, 0.2) is 0 Å². The fourth-order valence-corrected chi connectivity index (χ4v) is 3.68. The van der Waals surface area contributed by atoms with Crippen LogP contribution < -0.4 is 10.6 Å². The Bertz CT molecular complexity index is 788. The first kappa shape index (κ1) is 19.2. The normalized spacial score (nSPS) is 18.1. The van der Waals surface area contributed by atoms with Crippen molar-refractivity contribution in [2.24, 2.45) is 5.92 Å². The van der Waals surface area contributed by atoms with Crippen molar-refractivity contribution in [1.29, 1.82) is 0 Å². The maximum absolute atomic E-state index is 13.1. The number of hydrogen-bond donors (Lipinski definition) is 2. The minimum absolute atomic E-state index is 0.0163. The van der Waals surface area contributed by atoms with E-state index < -0.39 is 6.04 Å². The summed E-state index contributed by atoms with van der Waals surface area (Å²) in [7, 11) is 0. The molecule has 0 bridgehead atoms. The highest BCUT2D eigenvalue weighted by Gasteiger charge is 2.29. The van der Waals surface area contributed by atoms with Crippen LogP contribution in [0.1, 0.15) is 60.6 Å². The molecule has 0 aliphatic heterocycles. The molecule has 4 nitrogen and oxygen atoms in total. The standard InChI is InChI=1S/C23H28N2O2/c1-3-16(2)21(25-22(26)18-11-5-4-6-12-18)23(27)24-20-15-9-13-17-10-7-8-14-19(17)20/h4-8,10-12,14,16,20-21H,3,9,13,15H2,1-2H3,(H,24,27)(H,25,26)/t16-,20?,21-/m0/s1. The van der Waals surface area contributed by atoms with Crippen LogP contribution in [-0.2, 0) is 11.2 Å². The van der Waals surface area contributed by atoms with Gasteiger partial charge in [-0.25, -0.2) is 0 Å². The molecule has 2 N–H and O–H groups in total. The molecule has 0 spiro atoms. The topological polar surface area (TPSA) is 58.2 Å². The molecule has 27 heavy (non-hydrogen) atoms. The molecule has 0 aromatic heterocycles. The van der Waals surface area contributed by atoms with E-state index >= 15 is 0 Å². The van der Waals surface area contributed by atoms with Crippen molar-refractivity contribution in [3.05, 3.63) is 71.3 Å². The van der Waals surface area contributed by atoms with Crippen LogP contribution >= 0.6 is 0 Å². The van der Waals surface area contributed by atoms with Gasteiger partial charge in [0, 0.05) is 5.56 Å². The lowest BCUT2D eigenvalue weighted by Gasteiger charge is -2.30. The Morgan fingerprint density at radius 1 is 1.07 bits per heavy atom. The van der Waals surface area contributed by atoms with Crippen LogP contribution in [0.25, 0.3) is 0 Å². The maximum atomic E-state index is 13.1. The quantitative estimate of drug-likeness (QED) is 0.813. The van der Waals surface area contributed by atoms with Crippen molar-refractivity contribution in [2.75, 3.05) is 0 Å². The predicted octanol–water partition coefficient (Wildman–Crippen LogP) is 4.02. The van der Waals surface area contributed by atoms with E-state index in [9.17, 15) is 9.59 Å². The summed E-state index contributed by atoms with van der Waals surface area (Å²) in [6, 6.07) is 16.8. The molecule has 4 heteroatoms. The lowest BCUT2D eigenvalue weighted by Crippen LogP contribution is -2.51. The predicted molar refractivity (Wildman–Crippen MR) is 107 cm³/mol. The molecule has 0 saturated heterocycles. The average molecular weight is 364 g/mol. The van der Waals surface area contributed by atoms with Crippen molar-refractivity contribution < 1.29 is 9.59 Å². The third kappa shape index (κ3) is 4.57. The minimum atomic E-state index is -0.545. The van der Waals surface area contributed by atoms with E-state index in [-0.39, 0.29) is 23.8 Å². The molecule has 0 heterocycles. The third-order valence-corrected chi connectivity index (χ3v) is 5.50. The van der Waals surface area contributed by atoms with Crippen molar-refractivity contribution in [2.45, 2.75) is 51.6 Å². The van der Waals surface area contributed by atoms with Gasteiger partial charge in [0.2, 0.25) is 5.91 Å². The Labute approximate surface area is 161 Å². The molecular weight excluding hydrogens is 336 g/mol. The molecule has 1 aliphatic carbocycles. The summed E-state index contributed by atoms with van der Waals surface area (Å²) in [6.07, 6.45) is 3.87. The van der Waals surface area contributed by atoms with Crippen molar-refractivity contribution in [3.63, 3.8) is 0 Å². The van der Waals surface area contributed by atoms with E-state index in [1.165, 1.54) is 11.1 Å². The maximum Gasteiger partial charge on any atom is 0.251 e. The molecule has 2 aromatic rings. The Kier molecular flexibility index (Phi) is 6.28. The molecule has 3 rings (SSSR count). The first-order valence-corrected chi connectivity index (χ1v) is 9.84. The Morgan fingerprint density at radius 2 is 1.78 bits per heavy atom. The molecular formula is C23H28N2O2. The summed E-state index contributed by atoms with van der Waals surface area (Å²) in [6.45, 7) is 4.04. The molecule has 1 unspecified atom stereocenters. The van der Waals surface area contributed by atoms with Crippen LogP contribution in [0.2, 0.25) is 0 Å². The highest BCUT2D eigenvalue weighted by molar-refractivity contribution is 5.97. The first-order chi connectivity index (χ1) is 13.1. The van der Waals surface area contributed by atoms with Gasteiger partial charge in [-0.2, -0.15) is 0 Å². The van der Waals surface area contributed by atoms with Crippen LogP contribution in [0.4, 0.5) is 0 Å². The SMILES string of the molecule is CC[C@H](C)[C@H](NC(=O)c1ccccc1)C(=O)NC1CCCc2ccccc21. The van der Waals surface area contributed by atoms with E-state index in [2.05, 4.69) is 22.8 Å². The van der Waals surface area contributed by atoms with Crippen molar-refractivity contribution in [3.8, 4) is 0 Å². The van der Waals surface area contributed by atoms with Gasteiger partial charge in [0.25, 0.3) is 5.91 Å². The van der Waals surface area contributed by atoms with Crippen molar-refractivity contribution in [1.82, 2.24) is 10.6 Å². The third-order valence-electron chi connectivity index (χ3n) is 5.50. The summed E-state index contributed by atoms with van der Waals surface area (Å²) in [5.41, 5.74) is 3.08. The summed E-state index contributed by atoms with van der Waals surface area (Å²) in [5, 5.41) is 6.14. The summed E-state index contributed by atoms with van der Waals surface area (Å²) >= 11 is 0. The number of aryl methyl sites for hydroxylation is 1. The summed E-state index contributed by atoms with van der Waals surface area (Å²) < 4.78 is 0. The Hall–Kier alpha value is -2.62. The second kappa shape index (κ2) is 8.85. The highest BCUT2D eigenvalue weighted by Crippen LogP contribution is 2.29. The number of carbonyl (C=O) groups excluding carboxylic acids is 2. The van der Waals surface area contributed by atoms with Crippen LogP contribution in [0, 0.1) is 5.92 Å². The van der Waals surface area contributed by atoms with Gasteiger partial charge in [-0.15, -0.1) is 0 Å². The van der Waals surface area contributed by atoms with E-state index in [0.29, 0.717) is 5.56 Å². The fourth-order valence-electron chi connectivity index (χ4n) is 3.68. The monoisotopic (exact) mass is 364 g/mol. The minimum Gasteiger partial charge on any atom is -0.347 e. The van der Waals surface area contributed by atoms with Gasteiger partial charge in [0.1, 0.15) is 6.04 Å². The first-order valence-electron chi connectivity index (χ1n) is 9.84. The van der Waals surface area contributed by atoms with Crippen LogP contribution in [0.15, 0.2) is 54.6 Å². The zero-order valence-corrected chi connectivity index (χ0v) is 16.1. The highest BCUT2D eigenvalue weighted by atomic mass is 16.2. The zero-order valence-electron chi connectivity index (χ0n) is 16.1. The van der Waals surface area contributed by atoms with Crippen LogP contribution in [0.3, 0.4) is 0 Å². The Morgan fingerprint density at radius 3 is 2.52 bits per heavy atom. The second-order valence-electron chi connectivity index (χ2n) is 7.35. The smallest absolute Gasteiger partial charge is 0.251 e. The zero-order chi connectivity index (χ0) is 19.2. The molecule has 0 fully saturated rings. The Balaban J connectivity index is 1.74. The van der Waals surface area contributed by atoms with Gasteiger partial charge in [0.05, 0.1) is 6.04 Å². The number of fused-ring (bicyclic) bond motifs is 1. The number of carbonyl (C=O) groups is 2. The molecule has 2 amide bonds. The largest absolute Gasteiger partial charge is 0.347 e. The lowest BCUT2D eigenvalue weighted by molar-refractivity contribution is -0.125. The molecule has 0 radical (unpaired) electrons. The molecule has 142 valence electrons. The van der Waals surface area contributed by atoms with Crippen LogP contribution in [0.5, 0.6) is 0 Å². The number of hydrogen-bond acceptors (Lipinski definition) is 2. The average Bonchev–Trinajstić information content (AvgIpc) is 2.72. The van der Waals surface area contributed by atoms with Crippen molar-refractivity contribution >= 4 is 11.8 Å². The molecule has 2 aromatic carbocycles. The number of amides is 2. The van der Waals surface area contributed by atoms with Crippen LogP contribution in [-0.4, -0.2) is 17.9 Å². The molecule has 3 atom stereocenters. The van der Waals surface area contributed by atoms with Gasteiger partial charge < -0.3 is 10.6 Å². The van der Waals surface area contributed by atoms with Gasteiger partial charge >= 0.3 is 0 Å². The fraction of sp³-hybridized carbons (Fsp3) is 0.391. The molecule has 1 aliphatic rings. The lowest BCUT2D eigenvalue weighted by atomic mass is 9.87. The number of rotatable bonds is 6. The summed E-state index contributed by atoms with van der Waals surface area (Å²) in [5.74, 6) is -0.257. The number of nitrogens with one attached hydrogen (secondary N) is 2. The number of benzene rings is 2. The van der Waals surface area contributed by atoms with E-state index in [4.69, 9.17) is 0 Å². The van der Waals surface area contributed by atoms with E-state index in [0.717, 1.165) is 25.7 Å². The molecule has 0 saturated carbocycles. The summed E-state index contributed by atoms with van der Waals surface area (Å²) in [4.78, 5) is 25.6. The van der Waals surface area contributed by atoms with Gasteiger partial charge in [-0.1, -0.05) is 62.7 Å². The van der Waals surface area contributed by atoms with Gasteiger partial charge in [-0.05, 0) is 48.4 Å². The van der Waals surface area contributed by atoms with E-state index in [1.54, 1.807) is 12.1 Å². The van der Waals surface area contributed by atoms with Gasteiger partial charge in [-0.3, -0.25) is 9.59 Å². The second-order valence-corrected chi connectivity index (χ2v) is 7.35. The van der Waals surface area contributed by atoms with E-state index in [1.807, 2.05) is 44.2 Å².